The molecule has 0 aliphatic rings. The number of carbonyl (C=O) groups is 3. The van der Waals surface area contributed by atoms with Gasteiger partial charge in [-0.25, -0.2) is 14.6 Å². The minimum atomic E-state index is -1.08. The normalized spacial score (nSPS) is 10.7. The van der Waals surface area contributed by atoms with Gasteiger partial charge in [0.25, 0.3) is 5.91 Å². The molecule has 0 radical (unpaired) electrons. The second-order valence-electron chi connectivity index (χ2n) is 7.94. The van der Waals surface area contributed by atoms with E-state index in [1.165, 1.54) is 31.2 Å². The lowest BCUT2D eigenvalue weighted by molar-refractivity contribution is -0.115. The number of nitrogens with two attached hydrogens (primary N) is 1. The molecular formula is C26H22N6O8. The van der Waals surface area contributed by atoms with E-state index in [0.717, 1.165) is 0 Å². The van der Waals surface area contributed by atoms with Crippen LogP contribution < -0.4 is 26.9 Å². The minimum Gasteiger partial charge on any atom is -0.426 e. The van der Waals surface area contributed by atoms with Crippen molar-refractivity contribution in [2.45, 2.75) is 13.5 Å². The second-order valence-corrected chi connectivity index (χ2v) is 7.94. The van der Waals surface area contributed by atoms with Gasteiger partial charge in [0.05, 0.1) is 6.54 Å². The summed E-state index contributed by atoms with van der Waals surface area (Å²) in [5.41, 5.74) is 6.74. The van der Waals surface area contributed by atoms with Crippen LogP contribution in [0.2, 0.25) is 0 Å². The highest BCUT2D eigenvalue weighted by Crippen LogP contribution is 2.31. The van der Waals surface area contributed by atoms with Gasteiger partial charge in [0, 0.05) is 5.56 Å². The molecule has 0 bridgehead atoms. The largest absolute Gasteiger partial charge is 0.519 e. The summed E-state index contributed by atoms with van der Waals surface area (Å²) < 4.78 is 19.6. The van der Waals surface area contributed by atoms with Gasteiger partial charge in [-0.05, 0) is 43.3 Å². The Morgan fingerprint density at radius 1 is 0.950 bits per heavy atom. The first kappa shape index (κ1) is 27.3. The number of anilines is 2. The van der Waals surface area contributed by atoms with Crippen molar-refractivity contribution in [1.82, 2.24) is 10.3 Å². The van der Waals surface area contributed by atoms with Crippen molar-refractivity contribution in [3.8, 4) is 5.75 Å². The van der Waals surface area contributed by atoms with Crippen LogP contribution in [0.1, 0.15) is 21.9 Å². The summed E-state index contributed by atoms with van der Waals surface area (Å²) in [7, 11) is 0. The van der Waals surface area contributed by atoms with Gasteiger partial charge in [-0.3, -0.25) is 9.59 Å². The molecule has 2 aromatic heterocycles. The lowest BCUT2D eigenvalue weighted by Gasteiger charge is -2.08. The van der Waals surface area contributed by atoms with Crippen molar-refractivity contribution in [3.05, 3.63) is 94.4 Å². The van der Waals surface area contributed by atoms with Crippen LogP contribution in [0.25, 0.3) is 0 Å². The third-order valence-corrected chi connectivity index (χ3v) is 5.10. The molecule has 0 aliphatic carbocycles. The van der Waals surface area contributed by atoms with E-state index in [0.29, 0.717) is 5.56 Å². The Morgan fingerprint density at radius 3 is 2.40 bits per heavy atom. The van der Waals surface area contributed by atoms with E-state index in [4.69, 9.17) is 24.0 Å². The highest BCUT2D eigenvalue weighted by molar-refractivity contribution is 5.99. The SMILES string of the molecule is Cc1oc(=O)oc1COC(=O)Oc1ccccc1N=Nc1ccc(NC(=O)CNC(=O)c2ccccc2)nc1N. The number of hydrogen-bond donors (Lipinski definition) is 3. The molecule has 0 aliphatic heterocycles. The lowest BCUT2D eigenvalue weighted by Crippen LogP contribution is -2.33. The van der Waals surface area contributed by atoms with Crippen molar-refractivity contribution in [1.29, 1.82) is 0 Å². The molecule has 0 saturated carbocycles. The molecule has 0 unspecified atom stereocenters. The van der Waals surface area contributed by atoms with Gasteiger partial charge in [-0.1, -0.05) is 30.3 Å². The van der Waals surface area contributed by atoms with E-state index in [2.05, 4.69) is 25.8 Å². The zero-order valence-electron chi connectivity index (χ0n) is 21.0. The van der Waals surface area contributed by atoms with Crippen LogP contribution in [-0.2, 0) is 16.1 Å². The average Bonchev–Trinajstić information content (AvgIpc) is 3.27. The molecule has 2 heterocycles. The first-order valence-electron chi connectivity index (χ1n) is 11.6. The summed E-state index contributed by atoms with van der Waals surface area (Å²) in [6.45, 7) is 0.842. The summed E-state index contributed by atoms with van der Waals surface area (Å²) in [6.07, 6.45) is -1.08. The number of aryl methyl sites for hydroxylation is 1. The van der Waals surface area contributed by atoms with Crippen LogP contribution in [-0.4, -0.2) is 29.5 Å². The zero-order valence-corrected chi connectivity index (χ0v) is 21.0. The third kappa shape index (κ3) is 7.38. The van der Waals surface area contributed by atoms with Crippen LogP contribution in [0.5, 0.6) is 5.75 Å². The molecule has 14 heteroatoms. The minimum absolute atomic E-state index is 0.0367. The van der Waals surface area contributed by atoms with E-state index < -0.39 is 23.8 Å². The molecule has 4 aromatic rings. The van der Waals surface area contributed by atoms with Gasteiger partial charge < -0.3 is 34.7 Å². The van der Waals surface area contributed by atoms with E-state index in [1.807, 2.05) is 0 Å². The Bertz CT molecular complexity index is 1610. The number of nitrogen functional groups attached to an aromatic ring is 1. The molecule has 4 rings (SSSR count). The quantitative estimate of drug-likeness (QED) is 0.156. The topological polar surface area (TPSA) is 201 Å². The first-order valence-corrected chi connectivity index (χ1v) is 11.6. The summed E-state index contributed by atoms with van der Waals surface area (Å²) in [5, 5.41) is 13.1. The van der Waals surface area contributed by atoms with E-state index in [-0.39, 0.29) is 53.4 Å². The number of benzene rings is 2. The van der Waals surface area contributed by atoms with Crippen LogP contribution in [0.3, 0.4) is 0 Å². The van der Waals surface area contributed by atoms with Crippen LogP contribution in [0, 0.1) is 6.92 Å². The van der Waals surface area contributed by atoms with E-state index in [1.54, 1.807) is 42.5 Å². The number of aromatic nitrogens is 1. The number of pyridine rings is 1. The molecule has 14 nitrogen and oxygen atoms in total. The van der Waals surface area contributed by atoms with Gasteiger partial charge in [-0.15, -0.1) is 10.2 Å². The molecule has 40 heavy (non-hydrogen) atoms. The van der Waals surface area contributed by atoms with E-state index in [9.17, 15) is 19.2 Å². The number of para-hydroxylation sites is 1. The Hall–Kier alpha value is -5.79. The van der Waals surface area contributed by atoms with Crippen LogP contribution >= 0.6 is 0 Å². The third-order valence-electron chi connectivity index (χ3n) is 5.10. The maximum atomic E-state index is 12.2. The summed E-state index contributed by atoms with van der Waals surface area (Å²) in [5.74, 6) is -1.43. The standard InChI is InChI=1S/C26H22N6O8/c1-15-20(40-26(36)38-15)14-37-25(35)39-19-10-6-5-9-17(19)31-32-18-11-12-21(30-23(18)27)29-22(33)13-28-24(34)16-7-3-2-4-8-16/h2-12H,13-14H2,1H3,(H,28,34)(H3,27,29,30,33). The Balaban J connectivity index is 1.33. The number of ether oxygens (including phenoxy) is 2. The fourth-order valence-electron chi connectivity index (χ4n) is 3.14. The van der Waals surface area contributed by atoms with Gasteiger partial charge in [0.15, 0.2) is 29.7 Å². The smallest absolute Gasteiger partial charge is 0.426 e. The maximum Gasteiger partial charge on any atom is 0.519 e. The van der Waals surface area contributed by atoms with Gasteiger partial charge >= 0.3 is 12.0 Å². The molecule has 2 amide bonds. The Kier molecular flexibility index (Phi) is 8.61. The summed E-state index contributed by atoms with van der Waals surface area (Å²) in [6, 6.07) is 17.7. The van der Waals surface area contributed by atoms with Crippen LogP contribution in [0.15, 0.2) is 90.6 Å². The van der Waals surface area contributed by atoms with Crippen LogP contribution in [0.4, 0.5) is 27.8 Å². The highest BCUT2D eigenvalue weighted by atomic mass is 16.7. The number of carbonyl (C=O) groups excluding carboxylic acids is 3. The van der Waals surface area contributed by atoms with Crippen molar-refractivity contribution in [2.75, 3.05) is 17.6 Å². The van der Waals surface area contributed by atoms with Crippen molar-refractivity contribution >= 4 is 41.0 Å². The van der Waals surface area contributed by atoms with Crippen molar-refractivity contribution in [3.63, 3.8) is 0 Å². The van der Waals surface area contributed by atoms with Gasteiger partial charge in [-0.2, -0.15) is 0 Å². The second kappa shape index (κ2) is 12.6. The fourth-order valence-corrected chi connectivity index (χ4v) is 3.14. The monoisotopic (exact) mass is 546 g/mol. The van der Waals surface area contributed by atoms with Gasteiger partial charge in [0.2, 0.25) is 5.91 Å². The summed E-state index contributed by atoms with van der Waals surface area (Å²) >= 11 is 0. The number of nitrogens with one attached hydrogen (secondary N) is 2. The molecular weight excluding hydrogens is 524 g/mol. The predicted molar refractivity (Wildman–Crippen MR) is 139 cm³/mol. The molecule has 4 N–H and O–H groups in total. The Morgan fingerprint density at radius 2 is 1.68 bits per heavy atom. The number of nitrogens with zero attached hydrogens (tertiary/aromatic N) is 3. The molecule has 0 fully saturated rings. The number of amides is 2. The highest BCUT2D eigenvalue weighted by Gasteiger charge is 2.15. The molecule has 0 saturated heterocycles. The molecule has 0 spiro atoms. The zero-order chi connectivity index (χ0) is 28.5. The molecule has 0 atom stereocenters. The van der Waals surface area contributed by atoms with Crippen molar-refractivity contribution in [2.24, 2.45) is 10.2 Å². The number of hydrogen-bond acceptors (Lipinski definition) is 12. The summed E-state index contributed by atoms with van der Waals surface area (Å²) in [4.78, 5) is 51.6. The number of rotatable bonds is 9. The van der Waals surface area contributed by atoms with Gasteiger partial charge in [0.1, 0.15) is 17.2 Å². The molecule has 2 aromatic carbocycles. The molecule has 204 valence electrons. The Labute approximate surface area is 225 Å². The average molecular weight is 546 g/mol. The fraction of sp³-hybridized carbons (Fsp3) is 0.115. The number of azo groups is 1. The lowest BCUT2D eigenvalue weighted by atomic mass is 10.2. The van der Waals surface area contributed by atoms with Crippen molar-refractivity contribution < 1.29 is 32.7 Å². The van der Waals surface area contributed by atoms with E-state index >= 15 is 0 Å². The first-order chi connectivity index (χ1) is 19.3. The maximum absolute atomic E-state index is 12.2. The predicted octanol–water partition coefficient (Wildman–Crippen LogP) is 4.02.